The Kier molecular flexibility index (Phi) is 7.83. The van der Waals surface area contributed by atoms with Gasteiger partial charge in [0.15, 0.2) is 0 Å². The number of carbonyl (C=O) groups excluding carboxylic acids is 3. The van der Waals surface area contributed by atoms with Crippen LogP contribution in [0.1, 0.15) is 87.2 Å². The molecule has 3 rings (SSSR count). The van der Waals surface area contributed by atoms with Crippen molar-refractivity contribution >= 4 is 17.8 Å². The number of benzene rings is 1. The molecule has 2 heterocycles. The predicted octanol–water partition coefficient (Wildman–Crippen LogP) is 3.72. The van der Waals surface area contributed by atoms with Crippen molar-refractivity contribution in [3.8, 4) is 0 Å². The minimum absolute atomic E-state index is 0.0173. The quantitative estimate of drug-likeness (QED) is 0.609. The predicted molar refractivity (Wildman–Crippen MR) is 130 cm³/mol. The fraction of sp³-hybridized carbons (Fsp3) is 0.654. The lowest BCUT2D eigenvalue weighted by Crippen LogP contribution is -2.64. The summed E-state index contributed by atoms with van der Waals surface area (Å²) < 4.78 is 0. The highest BCUT2D eigenvalue weighted by Crippen LogP contribution is 2.49. The second-order valence-corrected chi connectivity index (χ2v) is 10.2. The number of hydrogen-bond donors (Lipinski definition) is 3. The molecule has 2 saturated heterocycles. The Morgan fingerprint density at radius 3 is 2.70 bits per heavy atom. The van der Waals surface area contributed by atoms with E-state index in [1.165, 1.54) is 0 Å². The number of nitrogens with zero attached hydrogens (tertiary/aromatic N) is 1. The van der Waals surface area contributed by atoms with Crippen molar-refractivity contribution in [1.82, 2.24) is 20.9 Å². The first kappa shape index (κ1) is 25.2. The lowest BCUT2D eigenvalue weighted by Gasteiger charge is -2.55. The topological polar surface area (TPSA) is 90.5 Å². The van der Waals surface area contributed by atoms with Gasteiger partial charge in [-0.1, -0.05) is 26.3 Å². The molecule has 7 nitrogen and oxygen atoms in total. The summed E-state index contributed by atoms with van der Waals surface area (Å²) in [6.07, 6.45) is 4.63. The van der Waals surface area contributed by atoms with Gasteiger partial charge in [0.1, 0.15) is 0 Å². The number of piperidine rings is 2. The van der Waals surface area contributed by atoms with Crippen molar-refractivity contribution < 1.29 is 14.4 Å². The molecular weight excluding hydrogens is 416 g/mol. The van der Waals surface area contributed by atoms with Crippen molar-refractivity contribution in [2.75, 3.05) is 13.6 Å². The molecule has 2 fully saturated rings. The van der Waals surface area contributed by atoms with Crippen molar-refractivity contribution in [1.29, 1.82) is 0 Å². The third kappa shape index (κ3) is 5.24. The first-order valence-corrected chi connectivity index (χ1v) is 12.3. The van der Waals surface area contributed by atoms with Gasteiger partial charge < -0.3 is 15.5 Å². The van der Waals surface area contributed by atoms with Crippen LogP contribution in [0.5, 0.6) is 0 Å². The molecule has 0 radical (unpaired) electrons. The second-order valence-electron chi connectivity index (χ2n) is 10.2. The van der Waals surface area contributed by atoms with Crippen LogP contribution in [0.3, 0.4) is 0 Å². The summed E-state index contributed by atoms with van der Waals surface area (Å²) in [6, 6.07) is 5.50. The molecule has 4 amide bonds. The molecule has 1 aromatic carbocycles. The van der Waals surface area contributed by atoms with Gasteiger partial charge in [0.05, 0.1) is 5.92 Å². The summed E-state index contributed by atoms with van der Waals surface area (Å²) >= 11 is 0. The lowest BCUT2D eigenvalue weighted by atomic mass is 9.62. The maximum Gasteiger partial charge on any atom is 0.321 e. The number of fused-ring (bicyclic) bond motifs is 1. The Hall–Kier alpha value is -2.41. The molecule has 3 N–H and O–H groups in total. The second kappa shape index (κ2) is 10.2. The SMILES string of the molecule is CCCC12CNC(C)CC1N(C)C(=O)C(c1cc(C(=O)NC(=O)NC(C)CC)ccc1C)C2. The summed E-state index contributed by atoms with van der Waals surface area (Å²) in [6.45, 7) is 11.1. The van der Waals surface area contributed by atoms with Gasteiger partial charge in [0, 0.05) is 42.7 Å². The van der Waals surface area contributed by atoms with Crippen LogP contribution >= 0.6 is 0 Å². The molecule has 0 bridgehead atoms. The first-order valence-electron chi connectivity index (χ1n) is 12.3. The van der Waals surface area contributed by atoms with Crippen LogP contribution < -0.4 is 16.0 Å². The van der Waals surface area contributed by atoms with E-state index in [1.807, 2.05) is 38.8 Å². The van der Waals surface area contributed by atoms with Gasteiger partial charge >= 0.3 is 6.03 Å². The highest BCUT2D eigenvalue weighted by molar-refractivity contribution is 6.04. The van der Waals surface area contributed by atoms with Gasteiger partial charge in [-0.2, -0.15) is 0 Å². The minimum atomic E-state index is -0.503. The highest BCUT2D eigenvalue weighted by Gasteiger charge is 2.52. The molecule has 2 aliphatic rings. The van der Waals surface area contributed by atoms with E-state index in [0.29, 0.717) is 11.6 Å². The molecule has 2 aliphatic heterocycles. The number of hydrogen-bond acceptors (Lipinski definition) is 4. The van der Waals surface area contributed by atoms with Crippen LogP contribution in [0.15, 0.2) is 18.2 Å². The number of likely N-dealkylation sites (N-methyl/N-ethyl adjacent to an activating group) is 1. The van der Waals surface area contributed by atoms with Gasteiger partial charge in [-0.25, -0.2) is 4.79 Å². The van der Waals surface area contributed by atoms with Crippen molar-refractivity contribution in [3.63, 3.8) is 0 Å². The third-order valence-corrected chi connectivity index (χ3v) is 7.69. The van der Waals surface area contributed by atoms with Gasteiger partial charge in [-0.05, 0) is 69.7 Å². The minimum Gasteiger partial charge on any atom is -0.342 e. The first-order chi connectivity index (χ1) is 15.6. The van der Waals surface area contributed by atoms with Gasteiger partial charge in [0.25, 0.3) is 5.91 Å². The van der Waals surface area contributed by atoms with Crippen LogP contribution in [0, 0.1) is 12.3 Å². The maximum absolute atomic E-state index is 13.5. The van der Waals surface area contributed by atoms with E-state index in [1.54, 1.807) is 12.1 Å². The number of imide groups is 1. The Balaban J connectivity index is 1.88. The molecule has 7 heteroatoms. The standard InChI is InChI=1S/C26H40N4O3/c1-7-11-26-14-21(24(32)30(6)22(26)12-18(5)27-15-26)20-13-19(10-9-16(20)3)23(31)29-25(33)28-17(4)8-2/h9-10,13,17-18,21-22,27H,7-8,11-12,14-15H2,1-6H3,(H2,28,29,31,33). The van der Waals surface area contributed by atoms with Crippen LogP contribution in [0.25, 0.3) is 0 Å². The average molecular weight is 457 g/mol. The van der Waals surface area contributed by atoms with Gasteiger partial charge in [0.2, 0.25) is 5.91 Å². The third-order valence-electron chi connectivity index (χ3n) is 7.69. The van der Waals surface area contributed by atoms with Gasteiger partial charge in [-0.3, -0.25) is 14.9 Å². The van der Waals surface area contributed by atoms with E-state index >= 15 is 0 Å². The van der Waals surface area contributed by atoms with Crippen LogP contribution in [0.2, 0.25) is 0 Å². The lowest BCUT2D eigenvalue weighted by molar-refractivity contribution is -0.146. The number of urea groups is 1. The Morgan fingerprint density at radius 1 is 1.30 bits per heavy atom. The number of amides is 4. The van der Waals surface area contributed by atoms with Crippen LogP contribution in [-0.4, -0.2) is 54.5 Å². The molecule has 182 valence electrons. The maximum atomic E-state index is 13.5. The molecule has 0 spiro atoms. The fourth-order valence-electron chi connectivity index (χ4n) is 5.63. The van der Waals surface area contributed by atoms with E-state index in [0.717, 1.165) is 49.8 Å². The summed E-state index contributed by atoms with van der Waals surface area (Å²) in [5.74, 6) is -0.631. The summed E-state index contributed by atoms with van der Waals surface area (Å²) in [4.78, 5) is 40.4. The number of nitrogens with one attached hydrogen (secondary N) is 3. The fourth-order valence-corrected chi connectivity index (χ4v) is 5.63. The van der Waals surface area contributed by atoms with Crippen molar-refractivity contribution in [3.05, 3.63) is 34.9 Å². The number of likely N-dealkylation sites (tertiary alicyclic amines) is 1. The van der Waals surface area contributed by atoms with E-state index in [4.69, 9.17) is 0 Å². The van der Waals surface area contributed by atoms with Crippen LogP contribution in [0.4, 0.5) is 4.79 Å². The molecule has 1 aromatic rings. The Morgan fingerprint density at radius 2 is 2.03 bits per heavy atom. The smallest absolute Gasteiger partial charge is 0.321 e. The van der Waals surface area contributed by atoms with Gasteiger partial charge in [-0.15, -0.1) is 0 Å². The van der Waals surface area contributed by atoms with E-state index in [9.17, 15) is 14.4 Å². The molecule has 5 atom stereocenters. The van der Waals surface area contributed by atoms with Crippen LogP contribution in [-0.2, 0) is 4.79 Å². The zero-order valence-corrected chi connectivity index (χ0v) is 21.0. The normalized spacial score (nSPS) is 28.1. The Bertz CT molecular complexity index is 902. The van der Waals surface area contributed by atoms with Crippen molar-refractivity contribution in [2.45, 2.75) is 90.8 Å². The van der Waals surface area contributed by atoms with Crippen molar-refractivity contribution in [2.24, 2.45) is 5.41 Å². The molecule has 33 heavy (non-hydrogen) atoms. The van der Waals surface area contributed by atoms with E-state index < -0.39 is 11.9 Å². The monoisotopic (exact) mass is 456 g/mol. The largest absolute Gasteiger partial charge is 0.342 e. The molecule has 0 saturated carbocycles. The summed E-state index contributed by atoms with van der Waals surface area (Å²) in [7, 11) is 1.94. The number of carbonyl (C=O) groups is 3. The zero-order valence-electron chi connectivity index (χ0n) is 21.0. The zero-order chi connectivity index (χ0) is 24.3. The molecular formula is C26H40N4O3. The summed E-state index contributed by atoms with van der Waals surface area (Å²) in [5, 5.41) is 8.82. The highest BCUT2D eigenvalue weighted by atomic mass is 16.2. The molecule has 0 aromatic heterocycles. The van der Waals surface area contributed by atoms with E-state index in [2.05, 4.69) is 29.8 Å². The average Bonchev–Trinajstić information content (AvgIpc) is 2.77. The van der Waals surface area contributed by atoms with E-state index in [-0.39, 0.29) is 29.3 Å². The molecule has 5 unspecified atom stereocenters. The number of aryl methyl sites for hydroxylation is 1. The molecule has 0 aliphatic carbocycles. The summed E-state index contributed by atoms with van der Waals surface area (Å²) in [5.41, 5.74) is 2.29. The Labute approximate surface area is 198 Å². The number of rotatable bonds is 6.